The van der Waals surface area contributed by atoms with Gasteiger partial charge in [0.1, 0.15) is 5.52 Å². The van der Waals surface area contributed by atoms with Crippen LogP contribution in [0.4, 0.5) is 5.95 Å². The van der Waals surface area contributed by atoms with Crippen LogP contribution in [0, 0.1) is 0 Å². The first kappa shape index (κ1) is 12.1. The third-order valence-corrected chi connectivity index (χ3v) is 3.33. The molecule has 5 nitrogen and oxygen atoms in total. The van der Waals surface area contributed by atoms with Gasteiger partial charge < -0.3 is 5.73 Å². The molecule has 0 fully saturated rings. The lowest BCUT2D eigenvalue weighted by Gasteiger charge is -2.05. The number of nitrogens with zero attached hydrogens (tertiary/aromatic N) is 4. The first-order valence-electron chi connectivity index (χ1n) is 5.91. The average Bonchev–Trinajstić information content (AvgIpc) is 2.72. The molecule has 0 saturated carbocycles. The molecule has 19 heavy (non-hydrogen) atoms. The molecule has 0 aliphatic heterocycles. The maximum Gasteiger partial charge on any atom is 0.202 e. The van der Waals surface area contributed by atoms with Crippen molar-refractivity contribution in [1.82, 2.24) is 19.5 Å². The van der Waals surface area contributed by atoms with Gasteiger partial charge in [-0.1, -0.05) is 6.07 Å². The van der Waals surface area contributed by atoms with Crippen molar-refractivity contribution in [2.24, 2.45) is 0 Å². The maximum atomic E-state index is 5.94. The third-order valence-electron chi connectivity index (χ3n) is 2.90. The first-order chi connectivity index (χ1) is 9.24. The minimum Gasteiger partial charge on any atom is -0.369 e. The molecule has 0 aromatic carbocycles. The summed E-state index contributed by atoms with van der Waals surface area (Å²) in [7, 11) is 0. The van der Waals surface area contributed by atoms with E-state index in [1.54, 1.807) is 12.4 Å². The number of rotatable bonds is 3. The highest BCUT2D eigenvalue weighted by molar-refractivity contribution is 9.10. The quantitative estimate of drug-likeness (QED) is 0.805. The van der Waals surface area contributed by atoms with Gasteiger partial charge in [-0.3, -0.25) is 9.55 Å². The van der Waals surface area contributed by atoms with E-state index in [-0.39, 0.29) is 0 Å². The second-order valence-corrected chi connectivity index (χ2v) is 5.10. The number of imidazole rings is 1. The van der Waals surface area contributed by atoms with Crippen molar-refractivity contribution >= 4 is 33.0 Å². The lowest BCUT2D eigenvalue weighted by molar-refractivity contribution is 0.707. The number of hydrogen-bond acceptors (Lipinski definition) is 4. The smallest absolute Gasteiger partial charge is 0.202 e. The van der Waals surface area contributed by atoms with Crippen LogP contribution in [0.5, 0.6) is 0 Å². The van der Waals surface area contributed by atoms with E-state index in [0.29, 0.717) is 12.5 Å². The van der Waals surface area contributed by atoms with E-state index in [2.05, 4.69) is 30.9 Å². The van der Waals surface area contributed by atoms with E-state index in [4.69, 9.17) is 5.73 Å². The predicted molar refractivity (Wildman–Crippen MR) is 77.6 cm³/mol. The summed E-state index contributed by atoms with van der Waals surface area (Å²) in [6.45, 7) is 0.716. The summed E-state index contributed by atoms with van der Waals surface area (Å²) >= 11 is 3.38. The Kier molecular flexibility index (Phi) is 3.16. The molecule has 0 atom stereocenters. The molecule has 96 valence electrons. The summed E-state index contributed by atoms with van der Waals surface area (Å²) in [6.07, 6.45) is 4.34. The van der Waals surface area contributed by atoms with Crippen LogP contribution in [0.25, 0.3) is 11.2 Å². The zero-order chi connectivity index (χ0) is 13.2. The SMILES string of the molecule is Nc1nc2cc(Br)cnc2n1CCc1ccccn1. The van der Waals surface area contributed by atoms with Gasteiger partial charge in [0.05, 0.1) is 0 Å². The van der Waals surface area contributed by atoms with E-state index in [1.165, 1.54) is 0 Å². The average molecular weight is 318 g/mol. The number of aromatic nitrogens is 4. The number of aryl methyl sites for hydroxylation is 2. The molecule has 3 aromatic rings. The number of anilines is 1. The number of halogens is 1. The molecule has 6 heteroatoms. The summed E-state index contributed by atoms with van der Waals surface area (Å²) in [5, 5.41) is 0. The molecular weight excluding hydrogens is 306 g/mol. The fraction of sp³-hybridized carbons (Fsp3) is 0.154. The van der Waals surface area contributed by atoms with Crippen LogP contribution in [0.2, 0.25) is 0 Å². The predicted octanol–water partition coefficient (Wildman–Crippen LogP) is 2.41. The second kappa shape index (κ2) is 4.97. The Balaban J connectivity index is 1.90. The van der Waals surface area contributed by atoms with Gasteiger partial charge in [-0.25, -0.2) is 9.97 Å². The molecule has 2 N–H and O–H groups in total. The molecule has 0 amide bonds. The minimum absolute atomic E-state index is 0.483. The van der Waals surface area contributed by atoms with Crippen LogP contribution in [0.3, 0.4) is 0 Å². The zero-order valence-electron chi connectivity index (χ0n) is 10.1. The monoisotopic (exact) mass is 317 g/mol. The van der Waals surface area contributed by atoms with Crippen molar-refractivity contribution in [2.75, 3.05) is 5.73 Å². The van der Waals surface area contributed by atoms with E-state index in [0.717, 1.165) is 27.8 Å². The molecule has 3 aromatic heterocycles. The third kappa shape index (κ3) is 2.44. The standard InChI is InChI=1S/C13H12BrN5/c14-9-7-11-12(17-8-9)19(13(15)18-11)6-4-10-3-1-2-5-16-10/h1-3,5,7-8H,4,6H2,(H2,15,18). The van der Waals surface area contributed by atoms with Crippen LogP contribution in [0.15, 0.2) is 41.1 Å². The Hall–Kier alpha value is -1.95. The van der Waals surface area contributed by atoms with Gasteiger partial charge in [0, 0.05) is 35.5 Å². The van der Waals surface area contributed by atoms with Crippen LogP contribution in [0.1, 0.15) is 5.69 Å². The van der Waals surface area contributed by atoms with Gasteiger partial charge in [0.25, 0.3) is 0 Å². The lowest BCUT2D eigenvalue weighted by atomic mass is 10.3. The maximum absolute atomic E-state index is 5.94. The Bertz CT molecular complexity index is 708. The molecule has 3 heterocycles. The summed E-state index contributed by atoms with van der Waals surface area (Å²) < 4.78 is 2.81. The highest BCUT2D eigenvalue weighted by atomic mass is 79.9. The van der Waals surface area contributed by atoms with Gasteiger partial charge >= 0.3 is 0 Å². The number of hydrogen-bond donors (Lipinski definition) is 1. The Labute approximate surface area is 118 Å². The Morgan fingerprint density at radius 2 is 2.16 bits per heavy atom. The van der Waals surface area contributed by atoms with Crippen LogP contribution < -0.4 is 5.73 Å². The number of fused-ring (bicyclic) bond motifs is 1. The lowest BCUT2D eigenvalue weighted by Crippen LogP contribution is -2.07. The largest absolute Gasteiger partial charge is 0.369 e. The van der Waals surface area contributed by atoms with E-state index < -0.39 is 0 Å². The van der Waals surface area contributed by atoms with Crippen LogP contribution in [-0.4, -0.2) is 19.5 Å². The molecule has 0 spiro atoms. The van der Waals surface area contributed by atoms with Gasteiger partial charge in [-0.15, -0.1) is 0 Å². The van der Waals surface area contributed by atoms with Crippen molar-refractivity contribution in [3.05, 3.63) is 46.8 Å². The van der Waals surface area contributed by atoms with Crippen LogP contribution >= 0.6 is 15.9 Å². The summed E-state index contributed by atoms with van der Waals surface area (Å²) in [5.41, 5.74) is 8.57. The molecular formula is C13H12BrN5. The number of pyridine rings is 2. The van der Waals surface area contributed by atoms with Gasteiger partial charge in [-0.2, -0.15) is 0 Å². The summed E-state index contributed by atoms with van der Waals surface area (Å²) in [4.78, 5) is 13.0. The molecule has 0 aliphatic carbocycles. The highest BCUT2D eigenvalue weighted by Gasteiger charge is 2.09. The highest BCUT2D eigenvalue weighted by Crippen LogP contribution is 2.19. The topological polar surface area (TPSA) is 69.6 Å². The zero-order valence-corrected chi connectivity index (χ0v) is 11.7. The summed E-state index contributed by atoms with van der Waals surface area (Å²) in [5.74, 6) is 0.483. The normalized spacial score (nSPS) is 11.0. The minimum atomic E-state index is 0.483. The van der Waals surface area contributed by atoms with Crippen molar-refractivity contribution in [3.8, 4) is 0 Å². The van der Waals surface area contributed by atoms with Crippen molar-refractivity contribution in [3.63, 3.8) is 0 Å². The number of nitrogen functional groups attached to an aromatic ring is 1. The molecule has 0 unspecified atom stereocenters. The van der Waals surface area contributed by atoms with Gasteiger partial charge in [-0.05, 0) is 34.1 Å². The fourth-order valence-corrected chi connectivity index (χ4v) is 2.32. The van der Waals surface area contributed by atoms with Crippen LogP contribution in [-0.2, 0) is 13.0 Å². The van der Waals surface area contributed by atoms with Gasteiger partial charge in [0.15, 0.2) is 5.65 Å². The van der Waals surface area contributed by atoms with E-state index in [1.807, 2.05) is 28.8 Å². The molecule has 0 saturated heterocycles. The van der Waals surface area contributed by atoms with Gasteiger partial charge in [0.2, 0.25) is 5.95 Å². The molecule has 0 radical (unpaired) electrons. The van der Waals surface area contributed by atoms with Crippen molar-refractivity contribution < 1.29 is 0 Å². The molecule has 0 aliphatic rings. The van der Waals surface area contributed by atoms with Crippen molar-refractivity contribution in [2.45, 2.75) is 13.0 Å². The Morgan fingerprint density at radius 1 is 1.26 bits per heavy atom. The van der Waals surface area contributed by atoms with Crippen molar-refractivity contribution in [1.29, 1.82) is 0 Å². The van der Waals surface area contributed by atoms with E-state index in [9.17, 15) is 0 Å². The number of nitrogens with two attached hydrogens (primary N) is 1. The second-order valence-electron chi connectivity index (χ2n) is 4.19. The van der Waals surface area contributed by atoms with E-state index >= 15 is 0 Å². The fourth-order valence-electron chi connectivity index (χ4n) is 2.00. The molecule has 0 bridgehead atoms. The summed E-state index contributed by atoms with van der Waals surface area (Å²) in [6, 6.07) is 7.80. The first-order valence-corrected chi connectivity index (χ1v) is 6.70. The Morgan fingerprint density at radius 3 is 2.95 bits per heavy atom. The molecule has 3 rings (SSSR count).